The van der Waals surface area contributed by atoms with Crippen LogP contribution < -0.4 is 10.6 Å². The molecule has 0 aromatic heterocycles. The Labute approximate surface area is 129 Å². The number of esters is 1. The van der Waals surface area contributed by atoms with Crippen LogP contribution >= 0.6 is 11.6 Å². The zero-order valence-corrected chi connectivity index (χ0v) is 12.7. The van der Waals surface area contributed by atoms with Gasteiger partial charge in [-0.2, -0.15) is 0 Å². The lowest BCUT2D eigenvalue weighted by Gasteiger charge is -2.20. The van der Waals surface area contributed by atoms with Crippen molar-refractivity contribution in [2.45, 2.75) is 18.9 Å². The van der Waals surface area contributed by atoms with E-state index in [0.29, 0.717) is 11.6 Å². The van der Waals surface area contributed by atoms with Gasteiger partial charge in [-0.05, 0) is 30.7 Å². The quantitative estimate of drug-likeness (QED) is 0.812. The van der Waals surface area contributed by atoms with Crippen LogP contribution in [0.15, 0.2) is 24.3 Å². The minimum Gasteiger partial charge on any atom is -0.469 e. The molecule has 2 atom stereocenters. The molecule has 2 N–H and O–H groups in total. The Morgan fingerprint density at radius 3 is 2.71 bits per heavy atom. The highest BCUT2D eigenvalue weighted by molar-refractivity contribution is 6.30. The second-order valence-corrected chi connectivity index (χ2v) is 5.52. The standard InChI is InChI=1S/C15H19ClN2O3/c1-21-14(19)8-13(10-2-4-12(16)5-3-10)18-15(20)11-6-7-17-9-11/h2-5,11,13,17H,6-9H2,1H3,(H,18,20)/t11-,13+/m1/s1. The first kappa shape index (κ1) is 15.8. The van der Waals surface area contributed by atoms with Gasteiger partial charge in [0.1, 0.15) is 0 Å². The maximum absolute atomic E-state index is 12.2. The highest BCUT2D eigenvalue weighted by atomic mass is 35.5. The summed E-state index contributed by atoms with van der Waals surface area (Å²) >= 11 is 5.87. The van der Waals surface area contributed by atoms with E-state index in [1.165, 1.54) is 7.11 Å². The van der Waals surface area contributed by atoms with Gasteiger partial charge in [-0.3, -0.25) is 9.59 Å². The Kier molecular flexibility index (Phi) is 5.59. The number of hydrogen-bond acceptors (Lipinski definition) is 4. The molecule has 0 spiro atoms. The van der Waals surface area contributed by atoms with Gasteiger partial charge in [0, 0.05) is 11.6 Å². The van der Waals surface area contributed by atoms with Gasteiger partial charge >= 0.3 is 5.97 Å². The average molecular weight is 311 g/mol. The first-order valence-corrected chi connectivity index (χ1v) is 7.31. The Morgan fingerprint density at radius 2 is 2.14 bits per heavy atom. The van der Waals surface area contributed by atoms with E-state index in [4.69, 9.17) is 16.3 Å². The zero-order valence-electron chi connectivity index (χ0n) is 11.9. The van der Waals surface area contributed by atoms with Crippen molar-refractivity contribution in [3.8, 4) is 0 Å². The molecule has 1 amide bonds. The summed E-state index contributed by atoms with van der Waals surface area (Å²) in [6.45, 7) is 1.53. The van der Waals surface area contributed by atoms with Gasteiger partial charge in [0.2, 0.25) is 5.91 Å². The first-order chi connectivity index (χ1) is 10.1. The van der Waals surface area contributed by atoms with E-state index in [9.17, 15) is 9.59 Å². The number of rotatable bonds is 5. The van der Waals surface area contributed by atoms with Crippen molar-refractivity contribution >= 4 is 23.5 Å². The highest BCUT2D eigenvalue weighted by Gasteiger charge is 2.26. The molecule has 1 fully saturated rings. The van der Waals surface area contributed by atoms with E-state index in [1.807, 2.05) is 12.1 Å². The topological polar surface area (TPSA) is 67.4 Å². The van der Waals surface area contributed by atoms with E-state index in [1.54, 1.807) is 12.1 Å². The third kappa shape index (κ3) is 4.44. The van der Waals surface area contributed by atoms with Crippen molar-refractivity contribution in [2.24, 2.45) is 5.92 Å². The van der Waals surface area contributed by atoms with E-state index in [2.05, 4.69) is 10.6 Å². The summed E-state index contributed by atoms with van der Waals surface area (Å²) < 4.78 is 4.70. The fourth-order valence-corrected chi connectivity index (χ4v) is 2.49. The van der Waals surface area contributed by atoms with Crippen LogP contribution in [0.5, 0.6) is 0 Å². The van der Waals surface area contributed by atoms with Crippen molar-refractivity contribution < 1.29 is 14.3 Å². The van der Waals surface area contributed by atoms with E-state index >= 15 is 0 Å². The fourth-order valence-electron chi connectivity index (χ4n) is 2.37. The summed E-state index contributed by atoms with van der Waals surface area (Å²) in [4.78, 5) is 23.8. The Morgan fingerprint density at radius 1 is 1.43 bits per heavy atom. The summed E-state index contributed by atoms with van der Waals surface area (Å²) in [6.07, 6.45) is 0.918. The SMILES string of the molecule is COC(=O)C[C@H](NC(=O)[C@@H]1CCNC1)c1ccc(Cl)cc1. The molecule has 0 radical (unpaired) electrons. The molecule has 2 rings (SSSR count). The highest BCUT2D eigenvalue weighted by Crippen LogP contribution is 2.21. The van der Waals surface area contributed by atoms with Crippen molar-refractivity contribution in [2.75, 3.05) is 20.2 Å². The minimum atomic E-state index is -0.400. The number of nitrogens with one attached hydrogen (secondary N) is 2. The molecule has 21 heavy (non-hydrogen) atoms. The molecule has 114 valence electrons. The van der Waals surface area contributed by atoms with E-state index < -0.39 is 6.04 Å². The number of benzene rings is 1. The minimum absolute atomic E-state index is 0.0381. The van der Waals surface area contributed by atoms with Gasteiger partial charge in [0.15, 0.2) is 0 Å². The van der Waals surface area contributed by atoms with Crippen molar-refractivity contribution in [3.05, 3.63) is 34.9 Å². The van der Waals surface area contributed by atoms with Crippen LogP contribution in [0.3, 0.4) is 0 Å². The first-order valence-electron chi connectivity index (χ1n) is 6.93. The van der Waals surface area contributed by atoms with Crippen LogP contribution in [-0.2, 0) is 14.3 Å². The number of amides is 1. The monoisotopic (exact) mass is 310 g/mol. The van der Waals surface area contributed by atoms with Crippen LogP contribution in [-0.4, -0.2) is 32.1 Å². The smallest absolute Gasteiger partial charge is 0.307 e. The molecule has 0 bridgehead atoms. The second-order valence-electron chi connectivity index (χ2n) is 5.08. The summed E-state index contributed by atoms with van der Waals surface area (Å²) in [5.74, 6) is -0.443. The molecular formula is C15H19ClN2O3. The number of hydrogen-bond donors (Lipinski definition) is 2. The molecule has 1 aliphatic heterocycles. The third-order valence-electron chi connectivity index (χ3n) is 3.62. The number of carbonyl (C=O) groups is 2. The van der Waals surface area contributed by atoms with Gasteiger partial charge in [0.25, 0.3) is 0 Å². The number of methoxy groups -OCH3 is 1. The van der Waals surface area contributed by atoms with Crippen LogP contribution in [0.2, 0.25) is 5.02 Å². The van der Waals surface area contributed by atoms with Gasteiger partial charge in [-0.15, -0.1) is 0 Å². The average Bonchev–Trinajstić information content (AvgIpc) is 3.01. The largest absolute Gasteiger partial charge is 0.469 e. The van der Waals surface area contributed by atoms with Gasteiger partial charge < -0.3 is 15.4 Å². The molecule has 1 aliphatic rings. The maximum atomic E-state index is 12.2. The molecule has 0 unspecified atom stereocenters. The summed E-state index contributed by atoms with van der Waals surface area (Å²) in [7, 11) is 1.34. The summed E-state index contributed by atoms with van der Waals surface area (Å²) in [6, 6.07) is 6.70. The Balaban J connectivity index is 2.09. The van der Waals surface area contributed by atoms with Crippen LogP contribution in [0, 0.1) is 5.92 Å². The van der Waals surface area contributed by atoms with Crippen molar-refractivity contribution in [3.63, 3.8) is 0 Å². The molecule has 0 saturated carbocycles. The van der Waals surface area contributed by atoms with E-state index in [-0.39, 0.29) is 24.2 Å². The van der Waals surface area contributed by atoms with Crippen LogP contribution in [0.25, 0.3) is 0 Å². The third-order valence-corrected chi connectivity index (χ3v) is 3.87. The Hall–Kier alpha value is -1.59. The Bertz CT molecular complexity index is 498. The van der Waals surface area contributed by atoms with Crippen molar-refractivity contribution in [1.29, 1.82) is 0 Å². The number of carbonyl (C=O) groups excluding carboxylic acids is 2. The lowest BCUT2D eigenvalue weighted by molar-refractivity contribution is -0.141. The predicted molar refractivity (Wildman–Crippen MR) is 79.9 cm³/mol. The van der Waals surface area contributed by atoms with Gasteiger partial charge in [0.05, 0.1) is 25.5 Å². The molecule has 1 aromatic rings. The molecule has 6 heteroatoms. The van der Waals surface area contributed by atoms with Crippen molar-refractivity contribution in [1.82, 2.24) is 10.6 Å². The predicted octanol–water partition coefficient (Wildman–Crippen LogP) is 1.67. The van der Waals surface area contributed by atoms with E-state index in [0.717, 1.165) is 18.5 Å². The maximum Gasteiger partial charge on any atom is 0.307 e. The number of ether oxygens (including phenoxy) is 1. The summed E-state index contributed by atoms with van der Waals surface area (Å²) in [5.41, 5.74) is 0.837. The lowest BCUT2D eigenvalue weighted by Crippen LogP contribution is -2.36. The molecule has 1 heterocycles. The van der Waals surface area contributed by atoms with Crippen LogP contribution in [0.1, 0.15) is 24.4 Å². The fraction of sp³-hybridized carbons (Fsp3) is 0.467. The normalized spacial score (nSPS) is 19.0. The van der Waals surface area contributed by atoms with Gasteiger partial charge in [-0.1, -0.05) is 23.7 Å². The lowest BCUT2D eigenvalue weighted by atomic mass is 10.0. The molecular weight excluding hydrogens is 292 g/mol. The molecule has 1 saturated heterocycles. The number of halogens is 1. The zero-order chi connectivity index (χ0) is 15.2. The van der Waals surface area contributed by atoms with Gasteiger partial charge in [-0.25, -0.2) is 0 Å². The van der Waals surface area contributed by atoms with Crippen LogP contribution in [0.4, 0.5) is 0 Å². The second kappa shape index (κ2) is 7.43. The molecule has 0 aliphatic carbocycles. The molecule has 1 aromatic carbocycles. The molecule has 5 nitrogen and oxygen atoms in total. The summed E-state index contributed by atoms with van der Waals surface area (Å²) in [5, 5.41) is 6.71.